The van der Waals surface area contributed by atoms with Crippen molar-refractivity contribution in [3.05, 3.63) is 47.6 Å². The molecular weight excluding hydrogens is 396 g/mol. The minimum atomic E-state index is -1.10. The summed E-state index contributed by atoms with van der Waals surface area (Å²) in [5.74, 6) is -0.635. The second-order valence-electron chi connectivity index (χ2n) is 7.84. The SMILES string of the molecule is CC(C)(C)OC(=O)N1C[C@H](Oc2cc(Cl)nc(-c3ccccc3)c2)C[C@H]1C(=O)O. The normalized spacial score (nSPS) is 19.1. The molecule has 0 unspecified atom stereocenters. The molecule has 1 aliphatic heterocycles. The van der Waals surface area contributed by atoms with Crippen LogP contribution in [0.3, 0.4) is 0 Å². The number of nitrogens with zero attached hydrogens (tertiary/aromatic N) is 2. The number of aliphatic carboxylic acids is 1. The van der Waals surface area contributed by atoms with Crippen molar-refractivity contribution < 1.29 is 24.2 Å². The average molecular weight is 419 g/mol. The molecule has 7 nitrogen and oxygen atoms in total. The third kappa shape index (κ3) is 5.38. The largest absolute Gasteiger partial charge is 0.488 e. The molecule has 2 aromatic rings. The van der Waals surface area contributed by atoms with Crippen molar-refractivity contribution >= 4 is 23.7 Å². The lowest BCUT2D eigenvalue weighted by atomic mass is 10.1. The van der Waals surface area contributed by atoms with E-state index in [4.69, 9.17) is 21.1 Å². The predicted molar refractivity (Wildman–Crippen MR) is 108 cm³/mol. The minimum Gasteiger partial charge on any atom is -0.488 e. The number of hydrogen-bond donors (Lipinski definition) is 1. The van der Waals surface area contributed by atoms with E-state index in [9.17, 15) is 14.7 Å². The zero-order chi connectivity index (χ0) is 21.2. The van der Waals surface area contributed by atoms with Crippen LogP contribution in [0.4, 0.5) is 4.79 Å². The van der Waals surface area contributed by atoms with Gasteiger partial charge < -0.3 is 14.6 Å². The smallest absolute Gasteiger partial charge is 0.411 e. The van der Waals surface area contributed by atoms with Crippen molar-refractivity contribution in [3.8, 4) is 17.0 Å². The fraction of sp³-hybridized carbons (Fsp3) is 0.381. The number of amides is 1. The molecule has 1 N–H and O–H groups in total. The van der Waals surface area contributed by atoms with E-state index in [2.05, 4.69) is 4.98 Å². The van der Waals surface area contributed by atoms with Crippen LogP contribution in [0.5, 0.6) is 5.75 Å². The Balaban J connectivity index is 1.78. The molecule has 0 spiro atoms. The average Bonchev–Trinajstić information content (AvgIpc) is 3.05. The van der Waals surface area contributed by atoms with Crippen LogP contribution in [0.2, 0.25) is 5.15 Å². The van der Waals surface area contributed by atoms with Crippen molar-refractivity contribution in [1.82, 2.24) is 9.88 Å². The summed E-state index contributed by atoms with van der Waals surface area (Å²) in [7, 11) is 0. The summed E-state index contributed by atoms with van der Waals surface area (Å²) < 4.78 is 11.3. The first-order chi connectivity index (χ1) is 13.6. The number of hydrogen-bond acceptors (Lipinski definition) is 5. The Hall–Kier alpha value is -2.80. The monoisotopic (exact) mass is 418 g/mol. The van der Waals surface area contributed by atoms with Crippen LogP contribution in [0.25, 0.3) is 11.3 Å². The van der Waals surface area contributed by atoms with Crippen molar-refractivity contribution in [2.75, 3.05) is 6.54 Å². The van der Waals surface area contributed by atoms with Gasteiger partial charge in [0.1, 0.15) is 28.6 Å². The summed E-state index contributed by atoms with van der Waals surface area (Å²) in [6.07, 6.45) is -1.03. The first kappa shape index (κ1) is 20.9. The molecule has 1 aromatic carbocycles. The standard InChI is InChI=1S/C21H23ClN2O5/c1-21(2,3)29-20(27)24-12-15(10-17(24)19(25)26)28-14-9-16(23-18(22)11-14)13-7-5-4-6-8-13/h4-9,11,15,17H,10,12H2,1-3H3,(H,25,26)/t15-,17+/m1/s1. The highest BCUT2D eigenvalue weighted by atomic mass is 35.5. The molecule has 29 heavy (non-hydrogen) atoms. The van der Waals surface area contributed by atoms with Crippen molar-refractivity contribution in [2.45, 2.75) is 44.9 Å². The molecule has 0 saturated carbocycles. The summed E-state index contributed by atoms with van der Waals surface area (Å²) in [4.78, 5) is 29.6. The van der Waals surface area contributed by atoms with Crippen molar-refractivity contribution in [3.63, 3.8) is 0 Å². The van der Waals surface area contributed by atoms with E-state index in [0.29, 0.717) is 11.4 Å². The van der Waals surface area contributed by atoms with Gasteiger partial charge in [-0.3, -0.25) is 4.90 Å². The molecule has 2 heterocycles. The van der Waals surface area contributed by atoms with Gasteiger partial charge in [0.25, 0.3) is 0 Å². The van der Waals surface area contributed by atoms with Gasteiger partial charge >= 0.3 is 12.1 Å². The molecule has 3 rings (SSSR count). The second-order valence-corrected chi connectivity index (χ2v) is 8.23. The first-order valence-corrected chi connectivity index (χ1v) is 9.62. The van der Waals surface area contributed by atoms with Crippen molar-refractivity contribution in [2.24, 2.45) is 0 Å². The summed E-state index contributed by atoms with van der Waals surface area (Å²) in [6, 6.07) is 11.8. The van der Waals surface area contributed by atoms with Crippen LogP contribution in [0, 0.1) is 0 Å². The van der Waals surface area contributed by atoms with Gasteiger partial charge in [0, 0.05) is 24.1 Å². The Morgan fingerprint density at radius 3 is 2.52 bits per heavy atom. The Morgan fingerprint density at radius 2 is 1.90 bits per heavy atom. The van der Waals surface area contributed by atoms with Crippen LogP contribution in [-0.4, -0.2) is 51.3 Å². The van der Waals surface area contributed by atoms with Crippen LogP contribution in [-0.2, 0) is 9.53 Å². The number of carboxylic acid groups (broad SMARTS) is 1. The van der Waals surface area contributed by atoms with Crippen molar-refractivity contribution in [1.29, 1.82) is 0 Å². The number of carbonyl (C=O) groups excluding carboxylic acids is 1. The van der Waals surface area contributed by atoms with E-state index in [1.54, 1.807) is 32.9 Å². The Labute approximate surface area is 174 Å². The molecule has 1 saturated heterocycles. The summed E-state index contributed by atoms with van der Waals surface area (Å²) in [5.41, 5.74) is 0.803. The van der Waals surface area contributed by atoms with Gasteiger partial charge in [-0.15, -0.1) is 0 Å². The molecule has 1 aromatic heterocycles. The molecule has 1 aliphatic rings. The maximum Gasteiger partial charge on any atom is 0.411 e. The van der Waals surface area contributed by atoms with E-state index >= 15 is 0 Å². The van der Waals surface area contributed by atoms with Gasteiger partial charge in [0.05, 0.1) is 12.2 Å². The lowest BCUT2D eigenvalue weighted by Crippen LogP contribution is -2.43. The second kappa shape index (κ2) is 8.29. The number of likely N-dealkylation sites (tertiary alicyclic amines) is 1. The number of aromatic nitrogens is 1. The Kier molecular flexibility index (Phi) is 5.98. The number of rotatable bonds is 4. The number of benzene rings is 1. The maximum absolute atomic E-state index is 12.4. The quantitative estimate of drug-likeness (QED) is 0.747. The van der Waals surface area contributed by atoms with Gasteiger partial charge in [-0.25, -0.2) is 14.6 Å². The summed E-state index contributed by atoms with van der Waals surface area (Å²) in [5, 5.41) is 9.78. The van der Waals surface area contributed by atoms with Crippen LogP contribution in [0.15, 0.2) is 42.5 Å². The van der Waals surface area contributed by atoms with E-state index in [-0.39, 0.29) is 18.1 Å². The fourth-order valence-electron chi connectivity index (χ4n) is 3.13. The fourth-order valence-corrected chi connectivity index (χ4v) is 3.33. The van der Waals surface area contributed by atoms with Gasteiger partial charge in [0.15, 0.2) is 0 Å². The molecule has 1 amide bonds. The molecule has 2 atom stereocenters. The number of carbonyl (C=O) groups is 2. The third-order valence-electron chi connectivity index (χ3n) is 4.32. The zero-order valence-corrected chi connectivity index (χ0v) is 17.2. The van der Waals surface area contributed by atoms with Crippen LogP contribution in [0.1, 0.15) is 27.2 Å². The molecule has 0 aliphatic carbocycles. The van der Waals surface area contributed by atoms with E-state index in [0.717, 1.165) is 5.56 Å². The third-order valence-corrected chi connectivity index (χ3v) is 4.51. The van der Waals surface area contributed by atoms with Gasteiger partial charge in [-0.2, -0.15) is 0 Å². The molecule has 0 bridgehead atoms. The van der Waals surface area contributed by atoms with Gasteiger partial charge in [-0.1, -0.05) is 41.9 Å². The molecule has 1 fully saturated rings. The number of pyridine rings is 1. The zero-order valence-electron chi connectivity index (χ0n) is 16.5. The number of halogens is 1. The Morgan fingerprint density at radius 1 is 1.21 bits per heavy atom. The highest BCUT2D eigenvalue weighted by Crippen LogP contribution is 2.29. The highest BCUT2D eigenvalue weighted by molar-refractivity contribution is 6.29. The Bertz CT molecular complexity index is 898. The maximum atomic E-state index is 12.4. The van der Waals surface area contributed by atoms with Gasteiger partial charge in [0.2, 0.25) is 0 Å². The molecular formula is C21H23ClN2O5. The number of carboxylic acids is 1. The highest BCUT2D eigenvalue weighted by Gasteiger charge is 2.42. The predicted octanol–water partition coefficient (Wildman–Crippen LogP) is 4.24. The van der Waals surface area contributed by atoms with Crippen LogP contribution >= 0.6 is 11.6 Å². The molecule has 0 radical (unpaired) electrons. The molecule has 8 heteroatoms. The lowest BCUT2D eigenvalue weighted by molar-refractivity contribution is -0.142. The number of ether oxygens (including phenoxy) is 2. The molecule has 154 valence electrons. The van der Waals surface area contributed by atoms with Gasteiger partial charge in [-0.05, 0) is 20.8 Å². The van der Waals surface area contributed by atoms with E-state index in [1.807, 2.05) is 30.3 Å². The first-order valence-electron chi connectivity index (χ1n) is 9.24. The summed E-state index contributed by atoms with van der Waals surface area (Å²) in [6.45, 7) is 5.30. The minimum absolute atomic E-state index is 0.104. The topological polar surface area (TPSA) is 89.0 Å². The van der Waals surface area contributed by atoms with Crippen LogP contribution < -0.4 is 4.74 Å². The summed E-state index contributed by atoms with van der Waals surface area (Å²) >= 11 is 6.15. The van der Waals surface area contributed by atoms with E-state index in [1.165, 1.54) is 4.90 Å². The lowest BCUT2D eigenvalue weighted by Gasteiger charge is -2.26. The van der Waals surface area contributed by atoms with E-state index < -0.39 is 29.8 Å².